The smallest absolute Gasteiger partial charge is 0.378 e. The number of halogens is 7. The van der Waals surface area contributed by atoms with Crippen molar-refractivity contribution in [3.05, 3.63) is 56.3 Å². The van der Waals surface area contributed by atoms with Crippen LogP contribution in [0.5, 0.6) is 0 Å². The predicted molar refractivity (Wildman–Crippen MR) is 105 cm³/mol. The van der Waals surface area contributed by atoms with Crippen LogP contribution in [0.25, 0.3) is 5.69 Å². The molecule has 2 aromatic heterocycles. The number of hydrogen-bond acceptors (Lipinski definition) is 4. The van der Waals surface area contributed by atoms with Gasteiger partial charge in [0.1, 0.15) is 0 Å². The zero-order valence-electron chi connectivity index (χ0n) is 15.7. The molecule has 0 saturated heterocycles. The number of hydrogen-bond donors (Lipinski definition) is 1. The number of thiazole rings is 1. The topological polar surface area (TPSA) is 42.7 Å². The first-order valence-electron chi connectivity index (χ1n) is 9.27. The van der Waals surface area contributed by atoms with Crippen LogP contribution in [-0.4, -0.2) is 14.8 Å². The minimum atomic E-state index is -4.65. The fraction of sp³-hybridized carbons (Fsp3) is 0.368. The molecule has 0 saturated carbocycles. The molecule has 1 aromatic carbocycles. The van der Waals surface area contributed by atoms with E-state index in [2.05, 4.69) is 15.4 Å². The van der Waals surface area contributed by atoms with E-state index in [0.29, 0.717) is 29.8 Å². The summed E-state index contributed by atoms with van der Waals surface area (Å²) < 4.78 is 81.9. The van der Waals surface area contributed by atoms with E-state index in [4.69, 9.17) is 11.6 Å². The fourth-order valence-corrected chi connectivity index (χ4v) is 4.53. The van der Waals surface area contributed by atoms with Gasteiger partial charge in [0.15, 0.2) is 10.2 Å². The number of benzene rings is 1. The third kappa shape index (κ3) is 4.52. The monoisotopic (exact) mass is 480 g/mol. The number of nitrogens with one attached hydrogen (secondary N) is 1. The van der Waals surface area contributed by atoms with Gasteiger partial charge >= 0.3 is 12.4 Å². The maximum Gasteiger partial charge on any atom is 0.435 e. The van der Waals surface area contributed by atoms with E-state index < -0.39 is 23.6 Å². The van der Waals surface area contributed by atoms with Crippen molar-refractivity contribution < 1.29 is 26.3 Å². The van der Waals surface area contributed by atoms with Crippen LogP contribution in [-0.2, 0) is 31.7 Å². The van der Waals surface area contributed by atoms with E-state index in [0.717, 1.165) is 34.2 Å². The molecule has 4 rings (SSSR count). The summed E-state index contributed by atoms with van der Waals surface area (Å²) in [6, 6.07) is 2.86. The predicted octanol–water partition coefficient (Wildman–Crippen LogP) is 6.51. The van der Waals surface area contributed by atoms with Crippen LogP contribution in [0.15, 0.2) is 24.4 Å². The highest BCUT2D eigenvalue weighted by atomic mass is 35.5. The van der Waals surface area contributed by atoms with E-state index >= 15 is 0 Å². The first kappa shape index (κ1) is 21.9. The van der Waals surface area contributed by atoms with E-state index in [1.54, 1.807) is 0 Å². The SMILES string of the molecule is FC(F)(F)c1ccc(-n2nc(C(F)(F)F)c3c2CCCC3)c(NCc2cnc(Cl)s2)c1. The summed E-state index contributed by atoms with van der Waals surface area (Å²) in [4.78, 5) is 4.53. The van der Waals surface area contributed by atoms with Crippen LogP contribution in [0.3, 0.4) is 0 Å². The normalized spacial score (nSPS) is 14.5. The zero-order valence-corrected chi connectivity index (χ0v) is 17.3. The molecule has 166 valence electrons. The van der Waals surface area contributed by atoms with Crippen molar-refractivity contribution in [2.75, 3.05) is 5.32 Å². The van der Waals surface area contributed by atoms with Gasteiger partial charge in [0, 0.05) is 22.3 Å². The molecular formula is C19H15ClF6N4S. The first-order valence-corrected chi connectivity index (χ1v) is 10.5. The lowest BCUT2D eigenvalue weighted by atomic mass is 9.95. The fourth-order valence-electron chi connectivity index (χ4n) is 3.61. The Hall–Kier alpha value is -2.27. The molecular weight excluding hydrogens is 466 g/mol. The molecule has 0 spiro atoms. The molecule has 31 heavy (non-hydrogen) atoms. The highest BCUT2D eigenvalue weighted by molar-refractivity contribution is 7.15. The number of alkyl halides is 6. The Morgan fingerprint density at radius 3 is 2.45 bits per heavy atom. The highest BCUT2D eigenvalue weighted by Gasteiger charge is 2.40. The van der Waals surface area contributed by atoms with E-state index in [-0.39, 0.29) is 34.4 Å². The maximum absolute atomic E-state index is 13.5. The minimum Gasteiger partial charge on any atom is -0.378 e. The lowest BCUT2D eigenvalue weighted by Gasteiger charge is -2.18. The van der Waals surface area contributed by atoms with Crippen molar-refractivity contribution in [2.24, 2.45) is 0 Å². The number of nitrogens with zero attached hydrogens (tertiary/aromatic N) is 3. The lowest BCUT2D eigenvalue weighted by molar-refractivity contribution is -0.142. The molecule has 1 aliphatic rings. The number of aromatic nitrogens is 3. The Morgan fingerprint density at radius 2 is 1.81 bits per heavy atom. The van der Waals surface area contributed by atoms with E-state index in [1.165, 1.54) is 6.20 Å². The molecule has 2 heterocycles. The lowest BCUT2D eigenvalue weighted by Crippen LogP contribution is -2.12. The Bertz CT molecular complexity index is 1100. The zero-order chi connectivity index (χ0) is 22.4. The average molecular weight is 481 g/mol. The van der Waals surface area contributed by atoms with Crippen LogP contribution < -0.4 is 5.32 Å². The molecule has 0 radical (unpaired) electrons. The van der Waals surface area contributed by atoms with Crippen molar-refractivity contribution in [3.63, 3.8) is 0 Å². The molecule has 3 aromatic rings. The second-order valence-corrected chi connectivity index (χ2v) is 8.75. The molecule has 1 N–H and O–H groups in total. The van der Waals surface area contributed by atoms with Crippen LogP contribution >= 0.6 is 22.9 Å². The van der Waals surface area contributed by atoms with Gasteiger partial charge in [0.25, 0.3) is 0 Å². The Kier molecular flexibility index (Phi) is 5.67. The summed E-state index contributed by atoms with van der Waals surface area (Å²) in [7, 11) is 0. The molecule has 0 amide bonds. The van der Waals surface area contributed by atoms with Crippen molar-refractivity contribution in [2.45, 2.75) is 44.6 Å². The molecule has 4 nitrogen and oxygen atoms in total. The largest absolute Gasteiger partial charge is 0.435 e. The first-order chi connectivity index (χ1) is 14.5. The van der Waals surface area contributed by atoms with Gasteiger partial charge in [0.05, 0.1) is 23.5 Å². The molecule has 12 heteroatoms. The maximum atomic E-state index is 13.5. The summed E-state index contributed by atoms with van der Waals surface area (Å²) in [5, 5.41) is 6.66. The highest BCUT2D eigenvalue weighted by Crippen LogP contribution is 2.39. The summed E-state index contributed by atoms with van der Waals surface area (Å²) in [6.07, 6.45) is -5.90. The third-order valence-electron chi connectivity index (χ3n) is 4.98. The summed E-state index contributed by atoms with van der Waals surface area (Å²) >= 11 is 6.94. The molecule has 0 aliphatic heterocycles. The number of rotatable bonds is 4. The molecule has 0 bridgehead atoms. The third-order valence-corrected chi connectivity index (χ3v) is 6.09. The van der Waals surface area contributed by atoms with Crippen LogP contribution in [0.4, 0.5) is 32.0 Å². The van der Waals surface area contributed by atoms with Gasteiger partial charge in [-0.05, 0) is 43.9 Å². The van der Waals surface area contributed by atoms with Gasteiger partial charge in [-0.25, -0.2) is 9.67 Å². The van der Waals surface area contributed by atoms with Crippen LogP contribution in [0.2, 0.25) is 4.47 Å². The van der Waals surface area contributed by atoms with Gasteiger partial charge in [0.2, 0.25) is 0 Å². The van der Waals surface area contributed by atoms with Gasteiger partial charge in [-0.1, -0.05) is 11.6 Å². The molecule has 0 unspecified atom stereocenters. The molecule has 1 aliphatic carbocycles. The van der Waals surface area contributed by atoms with Crippen molar-refractivity contribution in [1.29, 1.82) is 0 Å². The minimum absolute atomic E-state index is 0.0175. The summed E-state index contributed by atoms with van der Waals surface area (Å²) in [5.74, 6) is 0. The quantitative estimate of drug-likeness (QED) is 0.433. The van der Waals surface area contributed by atoms with Crippen LogP contribution in [0, 0.1) is 0 Å². The van der Waals surface area contributed by atoms with E-state index in [9.17, 15) is 26.3 Å². The van der Waals surface area contributed by atoms with Crippen molar-refractivity contribution >= 4 is 28.6 Å². The Labute approximate surface area is 181 Å². The number of anilines is 1. The summed E-state index contributed by atoms with van der Waals surface area (Å²) in [5.41, 5.74) is -1.28. The van der Waals surface area contributed by atoms with Crippen LogP contribution in [0.1, 0.15) is 40.2 Å². The second-order valence-electron chi connectivity index (χ2n) is 7.05. The van der Waals surface area contributed by atoms with Crippen molar-refractivity contribution in [1.82, 2.24) is 14.8 Å². The average Bonchev–Trinajstić information content (AvgIpc) is 3.29. The Morgan fingerprint density at radius 1 is 1.06 bits per heavy atom. The summed E-state index contributed by atoms with van der Waals surface area (Å²) in [6.45, 7) is 0.105. The van der Waals surface area contributed by atoms with Gasteiger partial charge in [-0.15, -0.1) is 11.3 Å². The molecule has 0 atom stereocenters. The second kappa shape index (κ2) is 8.01. The van der Waals surface area contributed by atoms with E-state index in [1.807, 2.05) is 0 Å². The van der Waals surface area contributed by atoms with Gasteiger partial charge in [-0.2, -0.15) is 31.4 Å². The standard InChI is InChI=1S/C19H15ClF6N4S/c20-17-28-9-11(31-17)8-27-13-7-10(18(21,22)23)5-6-15(13)30-14-4-2-1-3-12(14)16(29-30)19(24,25)26/h5-7,9,27H,1-4,8H2. The van der Waals surface area contributed by atoms with Gasteiger partial charge in [-0.3, -0.25) is 0 Å². The van der Waals surface area contributed by atoms with Crippen molar-refractivity contribution in [3.8, 4) is 5.69 Å². The molecule has 0 fully saturated rings. The van der Waals surface area contributed by atoms with Gasteiger partial charge < -0.3 is 5.32 Å². The number of fused-ring (bicyclic) bond motifs is 1. The Balaban J connectivity index is 1.81.